The van der Waals surface area contributed by atoms with Crippen molar-refractivity contribution < 1.29 is 27.5 Å². The standard InChI is InChI=1S/C39H45N3O6S/c1-29-14-10-11-17-31(29)27-41(36(26-30-15-6-4-7-16-30)39(44)40-32-18-8-5-9-19-32)38(43)28-42(35-20-12-13-21-37(35)48-3)49(45,46)34-24-22-33(47-2)23-25-34/h4,6-7,10-17,20-25,32,36H,5,8-9,18-19,26-28H2,1-3H3,(H,40,44). The van der Waals surface area contributed by atoms with Crippen molar-refractivity contribution in [1.82, 2.24) is 10.2 Å². The first-order valence-corrected chi connectivity index (χ1v) is 18.1. The van der Waals surface area contributed by atoms with Gasteiger partial charge in [-0.3, -0.25) is 13.9 Å². The highest BCUT2D eigenvalue weighted by atomic mass is 32.2. The van der Waals surface area contributed by atoms with Gasteiger partial charge in [0.25, 0.3) is 10.0 Å². The lowest BCUT2D eigenvalue weighted by molar-refractivity contribution is -0.140. The first-order valence-electron chi connectivity index (χ1n) is 16.7. The van der Waals surface area contributed by atoms with E-state index in [1.54, 1.807) is 41.3 Å². The van der Waals surface area contributed by atoms with Gasteiger partial charge in [0, 0.05) is 19.0 Å². The lowest BCUT2D eigenvalue weighted by atomic mass is 9.94. The van der Waals surface area contributed by atoms with Crippen LogP contribution in [0.4, 0.5) is 5.69 Å². The molecule has 1 saturated carbocycles. The molecule has 10 heteroatoms. The number of methoxy groups -OCH3 is 2. The molecular weight excluding hydrogens is 639 g/mol. The summed E-state index contributed by atoms with van der Waals surface area (Å²) in [7, 11) is -1.34. The minimum Gasteiger partial charge on any atom is -0.497 e. The lowest BCUT2D eigenvalue weighted by Crippen LogP contribution is -2.55. The third-order valence-corrected chi connectivity index (χ3v) is 10.9. The lowest BCUT2D eigenvalue weighted by Gasteiger charge is -2.35. The highest BCUT2D eigenvalue weighted by Gasteiger charge is 2.36. The zero-order chi connectivity index (χ0) is 34.8. The van der Waals surface area contributed by atoms with Crippen molar-refractivity contribution in [1.29, 1.82) is 0 Å². The zero-order valence-electron chi connectivity index (χ0n) is 28.4. The number of carbonyl (C=O) groups excluding carboxylic acids is 2. The maximum Gasteiger partial charge on any atom is 0.264 e. The highest BCUT2D eigenvalue weighted by molar-refractivity contribution is 7.92. The van der Waals surface area contributed by atoms with Gasteiger partial charge in [0.05, 0.1) is 24.8 Å². The van der Waals surface area contributed by atoms with Crippen molar-refractivity contribution in [3.05, 3.63) is 120 Å². The quantitative estimate of drug-likeness (QED) is 0.167. The fourth-order valence-corrected chi connectivity index (χ4v) is 7.72. The molecule has 1 atom stereocenters. The summed E-state index contributed by atoms with van der Waals surface area (Å²) in [4.78, 5) is 30.7. The SMILES string of the molecule is COc1ccc(S(=O)(=O)N(CC(=O)N(Cc2ccccc2C)C(Cc2ccccc2)C(=O)NC2CCCCC2)c2ccccc2OC)cc1. The number of rotatable bonds is 14. The number of carbonyl (C=O) groups is 2. The van der Waals surface area contributed by atoms with Gasteiger partial charge < -0.3 is 19.7 Å². The number of amides is 2. The van der Waals surface area contributed by atoms with Crippen LogP contribution in [0, 0.1) is 6.92 Å². The molecule has 1 aliphatic rings. The van der Waals surface area contributed by atoms with E-state index in [-0.39, 0.29) is 41.2 Å². The molecule has 0 bridgehead atoms. The number of nitrogens with zero attached hydrogens (tertiary/aromatic N) is 2. The Morgan fingerprint density at radius 2 is 1.47 bits per heavy atom. The number of anilines is 1. The largest absolute Gasteiger partial charge is 0.497 e. The molecule has 2 amide bonds. The van der Waals surface area contributed by atoms with Crippen molar-refractivity contribution in [2.24, 2.45) is 0 Å². The summed E-state index contributed by atoms with van der Waals surface area (Å²) in [5, 5.41) is 3.25. The van der Waals surface area contributed by atoms with E-state index in [1.165, 1.54) is 26.4 Å². The van der Waals surface area contributed by atoms with Crippen molar-refractivity contribution in [3.63, 3.8) is 0 Å². The molecule has 0 radical (unpaired) electrons. The van der Waals surface area contributed by atoms with Crippen LogP contribution in [-0.4, -0.2) is 58.0 Å². The van der Waals surface area contributed by atoms with Crippen molar-refractivity contribution >= 4 is 27.5 Å². The van der Waals surface area contributed by atoms with Crippen LogP contribution >= 0.6 is 0 Å². The fraction of sp³-hybridized carbons (Fsp3) is 0.333. The molecule has 4 aromatic carbocycles. The summed E-state index contributed by atoms with van der Waals surface area (Å²) < 4.78 is 40.7. The molecule has 4 aromatic rings. The average molecular weight is 684 g/mol. The number of ether oxygens (including phenoxy) is 2. The molecule has 9 nitrogen and oxygen atoms in total. The number of nitrogens with one attached hydrogen (secondary N) is 1. The number of sulfonamides is 1. The molecule has 5 rings (SSSR count). The first-order chi connectivity index (χ1) is 23.7. The highest BCUT2D eigenvalue weighted by Crippen LogP contribution is 2.33. The van der Waals surface area contributed by atoms with E-state index >= 15 is 0 Å². The number of hydrogen-bond donors (Lipinski definition) is 1. The first kappa shape index (κ1) is 35.5. The Kier molecular flexibility index (Phi) is 12.0. The monoisotopic (exact) mass is 683 g/mol. The summed E-state index contributed by atoms with van der Waals surface area (Å²) >= 11 is 0. The predicted octanol–water partition coefficient (Wildman–Crippen LogP) is 6.30. The second-order valence-electron chi connectivity index (χ2n) is 12.4. The normalized spacial score (nSPS) is 14.0. The van der Waals surface area contributed by atoms with Crippen LogP contribution in [-0.2, 0) is 32.6 Å². The number of aryl methyl sites for hydroxylation is 1. The summed E-state index contributed by atoms with van der Waals surface area (Å²) in [6.07, 6.45) is 5.25. The Balaban J connectivity index is 1.59. The van der Waals surface area contributed by atoms with E-state index < -0.39 is 28.5 Å². The van der Waals surface area contributed by atoms with Crippen molar-refractivity contribution in [2.75, 3.05) is 25.1 Å². The number of para-hydroxylation sites is 2. The third kappa shape index (κ3) is 8.80. The Morgan fingerprint density at radius 3 is 2.14 bits per heavy atom. The molecule has 0 spiro atoms. The molecule has 49 heavy (non-hydrogen) atoms. The van der Waals surface area contributed by atoms with Crippen LogP contribution in [0.1, 0.15) is 48.8 Å². The van der Waals surface area contributed by atoms with Crippen LogP contribution in [0.5, 0.6) is 11.5 Å². The van der Waals surface area contributed by atoms with Crippen LogP contribution in [0.2, 0.25) is 0 Å². The van der Waals surface area contributed by atoms with Gasteiger partial charge in [-0.2, -0.15) is 0 Å². The third-order valence-electron chi connectivity index (χ3n) is 9.10. The second kappa shape index (κ2) is 16.5. The van der Waals surface area contributed by atoms with Crippen LogP contribution in [0.15, 0.2) is 108 Å². The molecule has 0 aliphatic heterocycles. The van der Waals surface area contributed by atoms with E-state index in [0.717, 1.165) is 53.1 Å². The van der Waals surface area contributed by atoms with E-state index in [1.807, 2.05) is 61.5 Å². The molecule has 1 N–H and O–H groups in total. The Bertz CT molecular complexity index is 1810. The van der Waals surface area contributed by atoms with E-state index in [0.29, 0.717) is 5.75 Å². The summed E-state index contributed by atoms with van der Waals surface area (Å²) in [6.45, 7) is 1.51. The van der Waals surface area contributed by atoms with E-state index in [9.17, 15) is 18.0 Å². The Labute approximate surface area is 289 Å². The Morgan fingerprint density at radius 1 is 0.816 bits per heavy atom. The topological polar surface area (TPSA) is 105 Å². The molecule has 1 fully saturated rings. The van der Waals surface area contributed by atoms with E-state index in [4.69, 9.17) is 9.47 Å². The van der Waals surface area contributed by atoms with Gasteiger partial charge in [0.2, 0.25) is 11.8 Å². The van der Waals surface area contributed by atoms with Crippen molar-refractivity contribution in [2.45, 2.75) is 69.0 Å². The molecule has 258 valence electrons. The molecule has 1 unspecified atom stereocenters. The summed E-state index contributed by atoms with van der Waals surface area (Å²) in [6, 6.07) is 29.1. The minimum absolute atomic E-state index is 0.0201. The van der Waals surface area contributed by atoms with Crippen LogP contribution in [0.25, 0.3) is 0 Å². The second-order valence-corrected chi connectivity index (χ2v) is 14.2. The molecular formula is C39H45N3O6S. The maximum atomic E-state index is 14.8. The van der Waals surface area contributed by atoms with Crippen LogP contribution < -0.4 is 19.1 Å². The van der Waals surface area contributed by atoms with Gasteiger partial charge in [-0.25, -0.2) is 8.42 Å². The van der Waals surface area contributed by atoms with Crippen LogP contribution in [0.3, 0.4) is 0 Å². The van der Waals surface area contributed by atoms with Gasteiger partial charge >= 0.3 is 0 Å². The maximum absolute atomic E-state index is 14.8. The van der Waals surface area contributed by atoms with Gasteiger partial charge in [-0.15, -0.1) is 0 Å². The van der Waals surface area contributed by atoms with Gasteiger partial charge in [0.15, 0.2) is 0 Å². The molecule has 1 aliphatic carbocycles. The fourth-order valence-electron chi connectivity index (χ4n) is 6.29. The van der Waals surface area contributed by atoms with Gasteiger partial charge in [-0.1, -0.05) is 86.0 Å². The smallest absolute Gasteiger partial charge is 0.264 e. The van der Waals surface area contributed by atoms with Gasteiger partial charge in [0.1, 0.15) is 24.1 Å². The molecule has 0 heterocycles. The predicted molar refractivity (Wildman–Crippen MR) is 191 cm³/mol. The molecule has 0 saturated heterocycles. The number of hydrogen-bond acceptors (Lipinski definition) is 6. The Hall–Kier alpha value is -4.83. The zero-order valence-corrected chi connectivity index (χ0v) is 29.2. The van der Waals surface area contributed by atoms with E-state index in [2.05, 4.69) is 5.32 Å². The summed E-state index contributed by atoms with van der Waals surface area (Å²) in [5.41, 5.74) is 2.91. The number of benzene rings is 4. The average Bonchev–Trinajstić information content (AvgIpc) is 3.13. The summed E-state index contributed by atoms with van der Waals surface area (Å²) in [5.74, 6) is 0.00948. The van der Waals surface area contributed by atoms with Gasteiger partial charge in [-0.05, 0) is 72.9 Å². The molecule has 0 aromatic heterocycles. The van der Waals surface area contributed by atoms with Crippen molar-refractivity contribution in [3.8, 4) is 11.5 Å². The minimum atomic E-state index is -4.30.